The molecule has 0 aliphatic carbocycles. The van der Waals surface area contributed by atoms with Crippen LogP contribution >= 0.6 is 22.9 Å². The highest BCUT2D eigenvalue weighted by atomic mass is 35.5. The summed E-state index contributed by atoms with van der Waals surface area (Å²) in [7, 11) is 0. The number of alkyl halides is 1. The van der Waals surface area contributed by atoms with Crippen LogP contribution in [0.5, 0.6) is 0 Å². The molecule has 0 amide bonds. The predicted octanol–water partition coefficient (Wildman–Crippen LogP) is 3.33. The quantitative estimate of drug-likeness (QED) is 0.813. The van der Waals surface area contributed by atoms with Crippen LogP contribution in [0, 0.1) is 11.6 Å². The molecule has 1 aliphatic heterocycles. The third kappa shape index (κ3) is 3.62. The van der Waals surface area contributed by atoms with Crippen LogP contribution in [-0.4, -0.2) is 40.6 Å². The number of halogens is 3. The smallest absolute Gasteiger partial charge is 0.183 e. The molecule has 1 N–H and O–H groups in total. The Labute approximate surface area is 153 Å². The third-order valence-electron chi connectivity index (χ3n) is 3.98. The van der Waals surface area contributed by atoms with Gasteiger partial charge in [0.05, 0.1) is 35.9 Å². The fourth-order valence-corrected chi connectivity index (χ4v) is 3.98. The van der Waals surface area contributed by atoms with Crippen molar-refractivity contribution in [2.75, 3.05) is 18.0 Å². The van der Waals surface area contributed by atoms with Gasteiger partial charge in [-0.2, -0.15) is 0 Å². The molecule has 1 saturated heterocycles. The van der Waals surface area contributed by atoms with Crippen LogP contribution in [0.2, 0.25) is 0 Å². The van der Waals surface area contributed by atoms with E-state index in [4.69, 9.17) is 16.3 Å². The van der Waals surface area contributed by atoms with Gasteiger partial charge in [-0.05, 0) is 19.9 Å². The van der Waals surface area contributed by atoms with Gasteiger partial charge in [0.2, 0.25) is 0 Å². The molecule has 0 bridgehead atoms. The van der Waals surface area contributed by atoms with Gasteiger partial charge >= 0.3 is 0 Å². The summed E-state index contributed by atoms with van der Waals surface area (Å²) in [5.74, 6) is -1.85. The molecule has 1 aromatic carbocycles. The predicted molar refractivity (Wildman–Crippen MR) is 93.0 cm³/mol. The van der Waals surface area contributed by atoms with Crippen LogP contribution in [0.15, 0.2) is 6.07 Å². The lowest BCUT2D eigenvalue weighted by Crippen LogP contribution is -2.46. The first-order valence-corrected chi connectivity index (χ1v) is 9.20. The molecule has 1 fully saturated rings. The summed E-state index contributed by atoms with van der Waals surface area (Å²) in [4.78, 5) is 1.72. The molecule has 25 heavy (non-hydrogen) atoms. The van der Waals surface area contributed by atoms with Gasteiger partial charge in [-0.1, -0.05) is 11.3 Å². The van der Waals surface area contributed by atoms with E-state index < -0.39 is 18.2 Å². The standard InChI is InChI=1S/C16H18ClF2N3O2S/c1-8-5-22(6-9(2)24-8)15-10(7-23)3-11(13(18)14(15)19)16-21-20-12(4-17)25-16/h3,8-9,23H,4-7H2,1-2H3. The number of aliphatic hydroxyl groups excluding tert-OH is 1. The molecule has 1 aliphatic rings. The van der Waals surface area contributed by atoms with Crippen molar-refractivity contribution in [3.05, 3.63) is 28.3 Å². The number of anilines is 1. The normalized spacial score (nSPS) is 21.0. The molecule has 9 heteroatoms. The zero-order valence-corrected chi connectivity index (χ0v) is 15.4. The fourth-order valence-electron chi connectivity index (χ4n) is 3.06. The monoisotopic (exact) mass is 389 g/mol. The number of hydrogen-bond acceptors (Lipinski definition) is 6. The Kier molecular flexibility index (Phi) is 5.52. The van der Waals surface area contributed by atoms with E-state index in [1.54, 1.807) is 4.90 Å². The molecule has 0 radical (unpaired) electrons. The maximum Gasteiger partial charge on any atom is 0.183 e. The van der Waals surface area contributed by atoms with Crippen LogP contribution < -0.4 is 4.90 Å². The van der Waals surface area contributed by atoms with Crippen molar-refractivity contribution in [3.8, 4) is 10.6 Å². The van der Waals surface area contributed by atoms with Crippen LogP contribution in [-0.2, 0) is 17.2 Å². The van der Waals surface area contributed by atoms with Crippen molar-refractivity contribution in [2.45, 2.75) is 38.5 Å². The van der Waals surface area contributed by atoms with Crippen molar-refractivity contribution in [1.82, 2.24) is 10.2 Å². The minimum atomic E-state index is -1.00. The van der Waals surface area contributed by atoms with Crippen molar-refractivity contribution in [3.63, 3.8) is 0 Å². The number of ether oxygens (including phenoxy) is 1. The molecule has 0 saturated carbocycles. The Morgan fingerprint density at radius 1 is 1.28 bits per heavy atom. The highest BCUT2D eigenvalue weighted by Gasteiger charge is 2.29. The van der Waals surface area contributed by atoms with E-state index in [1.807, 2.05) is 13.8 Å². The summed E-state index contributed by atoms with van der Waals surface area (Å²) in [5, 5.41) is 18.2. The molecule has 2 atom stereocenters. The van der Waals surface area contributed by atoms with Crippen LogP contribution in [0.4, 0.5) is 14.5 Å². The highest BCUT2D eigenvalue weighted by molar-refractivity contribution is 7.14. The molecule has 136 valence electrons. The first-order chi connectivity index (χ1) is 11.9. The van der Waals surface area contributed by atoms with Gasteiger partial charge in [-0.3, -0.25) is 0 Å². The molecule has 2 unspecified atom stereocenters. The molecular formula is C16H18ClF2N3O2S. The summed E-state index contributed by atoms with van der Waals surface area (Å²) in [6.07, 6.45) is -0.237. The van der Waals surface area contributed by atoms with E-state index in [-0.39, 0.29) is 34.3 Å². The van der Waals surface area contributed by atoms with Gasteiger partial charge < -0.3 is 14.7 Å². The summed E-state index contributed by atoms with van der Waals surface area (Å²) in [5.41, 5.74) is 0.360. The SMILES string of the molecule is CC1CN(c2c(CO)cc(-c3nnc(CCl)s3)c(F)c2F)CC(C)O1. The second-order valence-corrected chi connectivity index (χ2v) is 7.34. The third-order valence-corrected chi connectivity index (χ3v) is 5.35. The number of rotatable bonds is 4. The number of morpholine rings is 1. The average Bonchev–Trinajstić information content (AvgIpc) is 3.05. The van der Waals surface area contributed by atoms with Crippen LogP contribution in [0.3, 0.4) is 0 Å². The summed E-state index contributed by atoms with van der Waals surface area (Å²) in [6, 6.07) is 1.43. The Hall–Kier alpha value is -1.35. The lowest BCUT2D eigenvalue weighted by Gasteiger charge is -2.38. The second kappa shape index (κ2) is 7.49. The van der Waals surface area contributed by atoms with Crippen molar-refractivity contribution < 1.29 is 18.6 Å². The Balaban J connectivity index is 2.07. The molecule has 2 aromatic rings. The maximum absolute atomic E-state index is 14.9. The maximum atomic E-state index is 14.9. The van der Waals surface area contributed by atoms with E-state index in [9.17, 15) is 13.9 Å². The van der Waals surface area contributed by atoms with Gasteiger partial charge in [0, 0.05) is 18.7 Å². The van der Waals surface area contributed by atoms with Gasteiger partial charge in [0.15, 0.2) is 16.6 Å². The Morgan fingerprint density at radius 2 is 1.96 bits per heavy atom. The van der Waals surface area contributed by atoms with Gasteiger partial charge in [-0.25, -0.2) is 8.78 Å². The van der Waals surface area contributed by atoms with Gasteiger partial charge in [0.25, 0.3) is 0 Å². The van der Waals surface area contributed by atoms with E-state index >= 15 is 0 Å². The largest absolute Gasteiger partial charge is 0.392 e. The number of aromatic nitrogens is 2. The lowest BCUT2D eigenvalue weighted by atomic mass is 10.0. The molecule has 1 aromatic heterocycles. The molecular weight excluding hydrogens is 372 g/mol. The van der Waals surface area contributed by atoms with E-state index in [2.05, 4.69) is 10.2 Å². The number of benzene rings is 1. The molecule has 0 spiro atoms. The van der Waals surface area contributed by atoms with E-state index in [0.29, 0.717) is 23.7 Å². The zero-order chi connectivity index (χ0) is 18.1. The zero-order valence-electron chi connectivity index (χ0n) is 13.8. The van der Waals surface area contributed by atoms with E-state index in [0.717, 1.165) is 11.3 Å². The van der Waals surface area contributed by atoms with Gasteiger partial charge in [-0.15, -0.1) is 21.8 Å². The molecule has 2 heterocycles. The van der Waals surface area contributed by atoms with Crippen LogP contribution in [0.25, 0.3) is 10.6 Å². The molecule has 3 rings (SSSR count). The molecule has 5 nitrogen and oxygen atoms in total. The summed E-state index contributed by atoms with van der Waals surface area (Å²) < 4.78 is 35.2. The highest BCUT2D eigenvalue weighted by Crippen LogP contribution is 2.36. The summed E-state index contributed by atoms with van der Waals surface area (Å²) >= 11 is 6.79. The summed E-state index contributed by atoms with van der Waals surface area (Å²) in [6.45, 7) is 4.17. The van der Waals surface area contributed by atoms with E-state index in [1.165, 1.54) is 6.07 Å². The number of hydrogen-bond donors (Lipinski definition) is 1. The topological polar surface area (TPSA) is 58.5 Å². The van der Waals surface area contributed by atoms with Crippen molar-refractivity contribution in [1.29, 1.82) is 0 Å². The van der Waals surface area contributed by atoms with Gasteiger partial charge in [0.1, 0.15) is 5.01 Å². The first kappa shape index (κ1) is 18.4. The first-order valence-electron chi connectivity index (χ1n) is 7.85. The minimum Gasteiger partial charge on any atom is -0.392 e. The number of nitrogens with zero attached hydrogens (tertiary/aromatic N) is 3. The van der Waals surface area contributed by atoms with Crippen LogP contribution in [0.1, 0.15) is 24.4 Å². The fraction of sp³-hybridized carbons (Fsp3) is 0.500. The minimum absolute atomic E-state index is 0.0199. The van der Waals surface area contributed by atoms with Crippen molar-refractivity contribution in [2.24, 2.45) is 0 Å². The average molecular weight is 390 g/mol. The Morgan fingerprint density at radius 3 is 2.52 bits per heavy atom. The lowest BCUT2D eigenvalue weighted by molar-refractivity contribution is -0.00553. The number of aliphatic hydroxyl groups is 1. The second-order valence-electron chi connectivity index (χ2n) is 6.01. The van der Waals surface area contributed by atoms with Crippen molar-refractivity contribution >= 4 is 28.6 Å². The Bertz CT molecular complexity index is 764.